The van der Waals surface area contributed by atoms with Gasteiger partial charge in [-0.05, 0) is 60.9 Å². The van der Waals surface area contributed by atoms with Crippen LogP contribution in [0.5, 0.6) is 0 Å². The van der Waals surface area contributed by atoms with Crippen LogP contribution in [0, 0.1) is 22.6 Å². The fourth-order valence-electron chi connectivity index (χ4n) is 5.46. The Hall–Kier alpha value is -3.70. The maximum Gasteiger partial charge on any atom is 0.123 e. The van der Waals surface area contributed by atoms with Crippen molar-refractivity contribution in [3.05, 3.63) is 76.5 Å². The maximum absolute atomic E-state index is 13.8. The van der Waals surface area contributed by atoms with Crippen molar-refractivity contribution < 1.29 is 5.76 Å². The molecule has 0 bridgehead atoms. The van der Waals surface area contributed by atoms with Gasteiger partial charge in [-0.25, -0.2) is 9.07 Å². The first kappa shape index (κ1) is 24.3. The number of nitriles is 1. The molecule has 9 heteroatoms. The third-order valence-electron chi connectivity index (χ3n) is 7.96. The number of halogens is 2. The van der Waals surface area contributed by atoms with E-state index in [1.807, 2.05) is 6.07 Å². The van der Waals surface area contributed by atoms with Gasteiger partial charge in [-0.3, -0.25) is 4.98 Å². The minimum Gasteiger partial charge on any atom is -0.380 e. The van der Waals surface area contributed by atoms with E-state index in [2.05, 4.69) is 45.8 Å². The maximum atomic E-state index is 13.8. The van der Waals surface area contributed by atoms with Crippen molar-refractivity contribution in [2.45, 2.75) is 70.5 Å². The number of anilines is 2. The average Bonchev–Trinajstić information content (AvgIpc) is 3.65. The Labute approximate surface area is 233 Å². The molecule has 2 atom stereocenters. The van der Waals surface area contributed by atoms with Gasteiger partial charge >= 0.3 is 0 Å². The third-order valence-corrected chi connectivity index (χ3v) is 8.25. The number of hydrogen-bond acceptors (Lipinski definition) is 6. The Bertz CT molecular complexity index is 1610. The Morgan fingerprint density at radius 2 is 2.00 bits per heavy atom. The summed E-state index contributed by atoms with van der Waals surface area (Å²) in [4.78, 5) is 4.50. The Balaban J connectivity index is 1.45. The molecule has 6 rings (SSSR count). The fourth-order valence-corrected chi connectivity index (χ4v) is 5.73. The number of benzene rings is 2. The highest BCUT2D eigenvalue weighted by atomic mass is 35.5. The van der Waals surface area contributed by atoms with Crippen LogP contribution in [0.4, 0.5) is 15.8 Å². The van der Waals surface area contributed by atoms with Crippen molar-refractivity contribution in [2.75, 3.05) is 10.6 Å². The van der Waals surface area contributed by atoms with E-state index in [4.69, 9.17) is 11.6 Å². The van der Waals surface area contributed by atoms with E-state index in [1.165, 1.54) is 18.6 Å². The average molecular weight is 545 g/mol. The largest absolute Gasteiger partial charge is 0.380 e. The van der Waals surface area contributed by atoms with Crippen molar-refractivity contribution >= 4 is 33.9 Å². The summed E-state index contributed by atoms with van der Waals surface area (Å²) in [7, 11) is 0. The molecule has 0 saturated heterocycles. The molecule has 2 aromatic heterocycles. The summed E-state index contributed by atoms with van der Waals surface area (Å²) >= 11 is 6.77. The lowest BCUT2D eigenvalue weighted by Crippen LogP contribution is -2.39. The number of aromatic nitrogens is 4. The minimum atomic E-state index is -1.59. The first-order valence-electron chi connectivity index (χ1n) is 13.9. The van der Waals surface area contributed by atoms with Crippen molar-refractivity contribution in [1.29, 1.82) is 5.26 Å². The van der Waals surface area contributed by atoms with E-state index < -0.39 is 11.8 Å². The van der Waals surface area contributed by atoms with Gasteiger partial charge in [0.1, 0.15) is 17.6 Å². The Morgan fingerprint density at radius 1 is 1.21 bits per heavy atom. The Morgan fingerprint density at radius 3 is 2.72 bits per heavy atom. The summed E-state index contributed by atoms with van der Waals surface area (Å²) in [6.07, 6.45) is 9.81. The molecule has 2 fully saturated rings. The normalized spacial score (nSPS) is 20.6. The number of nitrogens with one attached hydrogen (secondary N) is 2. The molecule has 0 radical (unpaired) electrons. The first-order chi connectivity index (χ1) is 19.2. The summed E-state index contributed by atoms with van der Waals surface area (Å²) < 4.78 is 25.2. The van der Waals surface area contributed by atoms with Crippen LogP contribution in [-0.2, 0) is 0 Å². The fraction of sp³-hybridized carbons (Fsp3) is 0.400. The van der Waals surface area contributed by atoms with Crippen LogP contribution in [0.25, 0.3) is 10.9 Å². The highest BCUT2D eigenvalue weighted by molar-refractivity contribution is 6.35. The molecule has 2 saturated carbocycles. The van der Waals surface area contributed by atoms with Crippen molar-refractivity contribution in [3.63, 3.8) is 0 Å². The summed E-state index contributed by atoms with van der Waals surface area (Å²) in [6.45, 7) is 4.51. The number of hydrogen-bond donors (Lipinski definition) is 2. The van der Waals surface area contributed by atoms with Crippen molar-refractivity contribution in [1.82, 2.24) is 20.0 Å². The summed E-state index contributed by atoms with van der Waals surface area (Å²) in [5.74, 6) is -0.391. The zero-order valence-electron chi connectivity index (χ0n) is 23.0. The lowest BCUT2D eigenvalue weighted by molar-refractivity contribution is 0.217. The molecule has 2 heterocycles. The van der Waals surface area contributed by atoms with Gasteiger partial charge in [-0.1, -0.05) is 55.6 Å². The van der Waals surface area contributed by atoms with Crippen LogP contribution < -0.4 is 10.6 Å². The van der Waals surface area contributed by atoms with Gasteiger partial charge in [0.15, 0.2) is 0 Å². The van der Waals surface area contributed by atoms with Gasteiger partial charge < -0.3 is 10.6 Å². The molecular formula is C30H31ClFN7. The van der Waals surface area contributed by atoms with E-state index in [1.54, 1.807) is 35.3 Å². The molecule has 39 heavy (non-hydrogen) atoms. The number of nitrogens with zero attached hydrogens (tertiary/aromatic N) is 5. The number of rotatable bonds is 7. The van der Waals surface area contributed by atoms with Crippen LogP contribution in [0.2, 0.25) is 5.02 Å². The molecule has 0 aliphatic heterocycles. The standard InChI is InChI=1S/C30H31ClFN7/c1-30(2)12-4-3-5-26(30)36-27-19(15-33)16-34-29-23(27)13-21(14-24(29)31)35-28(18-6-8-20(32)9-7-18)25-17-39(38-37-25)22-10-11-22/h6-9,13-14,16-17,22,26,28,35H,3-5,10-12H2,1-2H3,(H,34,36)/t26-,28?/m1/s1/i28D. The summed E-state index contributed by atoms with van der Waals surface area (Å²) in [5, 5.41) is 26.6. The van der Waals surface area contributed by atoms with Gasteiger partial charge in [0.2, 0.25) is 0 Å². The SMILES string of the molecule is [2H]C(Nc1cc(Cl)c2ncc(C#N)c(N[C@@H]3CCCCC3(C)C)c2c1)(c1ccc(F)cc1)c1cn(C2CC2)nn1. The minimum absolute atomic E-state index is 0.0620. The highest BCUT2D eigenvalue weighted by Crippen LogP contribution is 2.41. The molecule has 2 aliphatic rings. The van der Waals surface area contributed by atoms with Crippen LogP contribution in [0.3, 0.4) is 0 Å². The number of pyridine rings is 1. The van der Waals surface area contributed by atoms with Crippen LogP contribution in [-0.4, -0.2) is 26.0 Å². The molecule has 2 aliphatic carbocycles. The van der Waals surface area contributed by atoms with Crippen molar-refractivity contribution in [3.8, 4) is 6.07 Å². The van der Waals surface area contributed by atoms with E-state index in [9.17, 15) is 11.0 Å². The third kappa shape index (κ3) is 5.16. The second-order valence-electron chi connectivity index (χ2n) is 11.3. The van der Waals surface area contributed by atoms with Gasteiger partial charge in [0, 0.05) is 23.3 Å². The predicted molar refractivity (Wildman–Crippen MR) is 151 cm³/mol. The molecule has 2 aromatic carbocycles. The number of fused-ring (bicyclic) bond motifs is 1. The van der Waals surface area contributed by atoms with Gasteiger partial charge in [0.25, 0.3) is 0 Å². The van der Waals surface area contributed by atoms with Gasteiger partial charge in [-0.15, -0.1) is 5.10 Å². The molecule has 200 valence electrons. The van der Waals surface area contributed by atoms with Gasteiger partial charge in [-0.2, -0.15) is 5.26 Å². The van der Waals surface area contributed by atoms with E-state index in [0.29, 0.717) is 50.2 Å². The lowest BCUT2D eigenvalue weighted by atomic mass is 9.73. The molecule has 4 aromatic rings. The molecule has 2 N–H and O–H groups in total. The zero-order chi connectivity index (χ0) is 28.1. The molecular weight excluding hydrogens is 513 g/mol. The molecule has 0 spiro atoms. The zero-order valence-corrected chi connectivity index (χ0v) is 22.8. The van der Waals surface area contributed by atoms with Crippen LogP contribution >= 0.6 is 11.6 Å². The second-order valence-corrected chi connectivity index (χ2v) is 11.7. The Kier molecular flexibility index (Phi) is 6.32. The highest BCUT2D eigenvalue weighted by Gasteiger charge is 2.33. The van der Waals surface area contributed by atoms with Crippen LogP contribution in [0.1, 0.15) is 82.6 Å². The topological polar surface area (TPSA) is 91.5 Å². The van der Waals surface area contributed by atoms with Crippen molar-refractivity contribution in [2.24, 2.45) is 5.41 Å². The van der Waals surface area contributed by atoms with E-state index in [0.717, 1.165) is 32.1 Å². The quantitative estimate of drug-likeness (QED) is 0.252. The van der Waals surface area contributed by atoms with E-state index >= 15 is 0 Å². The van der Waals surface area contributed by atoms with Gasteiger partial charge in [0.05, 0.1) is 41.4 Å². The molecule has 7 nitrogen and oxygen atoms in total. The first-order valence-corrected chi connectivity index (χ1v) is 13.8. The lowest BCUT2D eigenvalue weighted by Gasteiger charge is -2.40. The second kappa shape index (κ2) is 10.1. The smallest absolute Gasteiger partial charge is 0.123 e. The predicted octanol–water partition coefficient (Wildman–Crippen LogP) is 7.41. The monoisotopic (exact) mass is 544 g/mol. The molecule has 0 amide bonds. The van der Waals surface area contributed by atoms with E-state index in [-0.39, 0.29) is 11.5 Å². The van der Waals surface area contributed by atoms with Crippen LogP contribution in [0.15, 0.2) is 48.8 Å². The summed E-state index contributed by atoms with van der Waals surface area (Å²) in [6, 6.07) is 10.6. The summed E-state index contributed by atoms with van der Waals surface area (Å²) in [5.41, 5.74) is 3.18. The molecule has 1 unspecified atom stereocenters.